The van der Waals surface area contributed by atoms with E-state index in [4.69, 9.17) is 26.7 Å². The molecule has 0 spiro atoms. The van der Waals surface area contributed by atoms with Gasteiger partial charge in [-0.15, -0.1) is 5.10 Å². The quantitative estimate of drug-likeness (QED) is 0.247. The van der Waals surface area contributed by atoms with Crippen LogP contribution in [0.4, 0.5) is 10.4 Å². The number of halogens is 2. The van der Waals surface area contributed by atoms with Gasteiger partial charge in [0.1, 0.15) is 5.83 Å². The number of aliphatic imine (C=N–C) groups is 1. The van der Waals surface area contributed by atoms with Gasteiger partial charge in [-0.05, 0) is 74.2 Å². The molecular weight excluding hydrogens is 503 g/mol. The molecule has 38 heavy (non-hydrogen) atoms. The van der Waals surface area contributed by atoms with E-state index >= 15 is 0 Å². The topological polar surface area (TPSA) is 93.4 Å². The molecule has 0 aromatic carbocycles. The fourth-order valence-electron chi connectivity index (χ4n) is 3.34. The van der Waals surface area contributed by atoms with E-state index in [0.717, 1.165) is 43.5 Å². The maximum Gasteiger partial charge on any atom is 0.318 e. The molecule has 1 aliphatic heterocycles. The molecule has 2 aromatic rings. The fraction of sp³-hybridized carbons (Fsp3) is 0.379. The molecule has 0 saturated carbocycles. The number of nitrogens with zero attached hydrogens (tertiary/aromatic N) is 5. The minimum atomic E-state index is -0.395. The second-order valence-electron chi connectivity index (χ2n) is 8.88. The van der Waals surface area contributed by atoms with Crippen LogP contribution in [0, 0.1) is 5.92 Å². The van der Waals surface area contributed by atoms with Gasteiger partial charge >= 0.3 is 6.01 Å². The number of aromatic nitrogens is 3. The summed E-state index contributed by atoms with van der Waals surface area (Å²) in [6, 6.07) is 4.02. The largest absolute Gasteiger partial charge is 0.405 e. The van der Waals surface area contributed by atoms with Gasteiger partial charge in [0, 0.05) is 24.5 Å². The number of allylic oxidation sites excluding steroid dienone is 5. The Labute approximate surface area is 230 Å². The Kier molecular flexibility index (Phi) is 13.2. The zero-order valence-corrected chi connectivity index (χ0v) is 23.5. The molecule has 1 aliphatic rings. The van der Waals surface area contributed by atoms with Crippen molar-refractivity contribution in [1.29, 1.82) is 0 Å². The van der Waals surface area contributed by atoms with Crippen LogP contribution in [-0.2, 0) is 0 Å². The summed E-state index contributed by atoms with van der Waals surface area (Å²) in [5, 5.41) is 9.02. The second kappa shape index (κ2) is 16.3. The molecular formula is C29H38ClFN6O. The van der Waals surface area contributed by atoms with E-state index in [1.54, 1.807) is 30.5 Å². The fourth-order valence-corrected chi connectivity index (χ4v) is 3.53. The molecule has 0 aliphatic carbocycles. The summed E-state index contributed by atoms with van der Waals surface area (Å²) < 4.78 is 19.3. The zero-order valence-electron chi connectivity index (χ0n) is 22.7. The summed E-state index contributed by atoms with van der Waals surface area (Å²) in [7, 11) is 0. The monoisotopic (exact) mass is 540 g/mol. The third-order valence-electron chi connectivity index (χ3n) is 5.88. The molecule has 0 radical (unpaired) electrons. The molecule has 0 fully saturated rings. The smallest absolute Gasteiger partial charge is 0.318 e. The van der Waals surface area contributed by atoms with Crippen molar-refractivity contribution in [2.75, 3.05) is 18.0 Å². The van der Waals surface area contributed by atoms with Gasteiger partial charge in [0.2, 0.25) is 5.89 Å². The molecule has 3 heterocycles. The summed E-state index contributed by atoms with van der Waals surface area (Å²) in [6.45, 7) is 13.4. The molecule has 2 aromatic heterocycles. The van der Waals surface area contributed by atoms with Crippen LogP contribution in [0.1, 0.15) is 65.0 Å². The van der Waals surface area contributed by atoms with E-state index in [0.29, 0.717) is 35.1 Å². The van der Waals surface area contributed by atoms with Gasteiger partial charge in [0.15, 0.2) is 0 Å². The Morgan fingerprint density at radius 3 is 2.79 bits per heavy atom. The Morgan fingerprint density at radius 1 is 1.34 bits per heavy atom. The predicted octanol–water partition coefficient (Wildman–Crippen LogP) is 7.56. The first-order valence-corrected chi connectivity index (χ1v) is 13.2. The summed E-state index contributed by atoms with van der Waals surface area (Å²) in [4.78, 5) is 10.7. The first kappa shape index (κ1) is 30.7. The van der Waals surface area contributed by atoms with Crippen molar-refractivity contribution in [3.63, 3.8) is 0 Å². The van der Waals surface area contributed by atoms with Gasteiger partial charge in [-0.3, -0.25) is 9.98 Å². The molecule has 7 nitrogen and oxygen atoms in total. The van der Waals surface area contributed by atoms with E-state index in [9.17, 15) is 4.39 Å². The van der Waals surface area contributed by atoms with Crippen LogP contribution in [0.25, 0.3) is 11.6 Å². The van der Waals surface area contributed by atoms with Crippen molar-refractivity contribution in [3.05, 3.63) is 83.0 Å². The van der Waals surface area contributed by atoms with E-state index in [1.807, 2.05) is 6.21 Å². The molecule has 0 bridgehead atoms. The van der Waals surface area contributed by atoms with Crippen molar-refractivity contribution in [1.82, 2.24) is 15.2 Å². The minimum Gasteiger partial charge on any atom is -0.405 e. The number of hydrogen-bond acceptors (Lipinski definition) is 7. The lowest BCUT2D eigenvalue weighted by atomic mass is 10.1. The average Bonchev–Trinajstić information content (AvgIpc) is 3.42. The summed E-state index contributed by atoms with van der Waals surface area (Å²) in [5.41, 5.74) is 9.03. The maximum absolute atomic E-state index is 13.4. The normalized spacial score (nSPS) is 15.7. The molecule has 1 unspecified atom stereocenters. The van der Waals surface area contributed by atoms with Crippen molar-refractivity contribution in [2.24, 2.45) is 16.6 Å². The van der Waals surface area contributed by atoms with Crippen LogP contribution in [-0.4, -0.2) is 34.5 Å². The lowest BCUT2D eigenvalue weighted by Crippen LogP contribution is -2.31. The van der Waals surface area contributed by atoms with Gasteiger partial charge in [-0.25, -0.2) is 4.39 Å². The standard InChI is InChI=1S/C22H31FN4O.C7H7ClN2/c1-6-9-18(10-11-19(23)8-3)21-25-26-22(28-21)27-13-12-17(5)20(15-27)24-14-16(4)7-2;8-6-2-1-5-10-7(6)3-4-9/h8,10-11,14,16H,3,6-7,9,12-13,15H2,1-2,4-5H3;1-5H,9H2/b18-10+,19-11+,24-14?;4-3-. The summed E-state index contributed by atoms with van der Waals surface area (Å²) in [5.74, 6) is 0.492. The average molecular weight is 541 g/mol. The van der Waals surface area contributed by atoms with E-state index in [-0.39, 0.29) is 0 Å². The zero-order chi connectivity index (χ0) is 27.9. The van der Waals surface area contributed by atoms with E-state index < -0.39 is 5.83 Å². The van der Waals surface area contributed by atoms with Crippen LogP contribution in [0.15, 0.2) is 75.8 Å². The Balaban J connectivity index is 0.000000423. The van der Waals surface area contributed by atoms with Crippen molar-refractivity contribution in [3.8, 4) is 0 Å². The number of rotatable bonds is 10. The lowest BCUT2D eigenvalue weighted by molar-refractivity contribution is 0.515. The van der Waals surface area contributed by atoms with Gasteiger partial charge in [0.25, 0.3) is 0 Å². The summed E-state index contributed by atoms with van der Waals surface area (Å²) in [6.07, 6.45) is 14.6. The molecule has 1 atom stereocenters. The second-order valence-corrected chi connectivity index (χ2v) is 9.29. The molecule has 2 N–H and O–H groups in total. The number of pyridine rings is 1. The van der Waals surface area contributed by atoms with E-state index in [1.165, 1.54) is 23.9 Å². The SMILES string of the molecule is C=C/C(F)=C\C=C(/CCC)c1nnc(N2CCC(C)=C(N=CC(C)CC)C2)o1.N/C=C\c1ncccc1Cl. The third kappa shape index (κ3) is 9.74. The predicted molar refractivity (Wildman–Crippen MR) is 157 cm³/mol. The maximum atomic E-state index is 13.4. The first-order chi connectivity index (χ1) is 18.3. The Morgan fingerprint density at radius 2 is 2.13 bits per heavy atom. The molecule has 3 rings (SSSR count). The van der Waals surface area contributed by atoms with Gasteiger partial charge in [-0.2, -0.15) is 0 Å². The highest BCUT2D eigenvalue weighted by molar-refractivity contribution is 6.31. The summed E-state index contributed by atoms with van der Waals surface area (Å²) >= 11 is 5.73. The number of nitrogens with two attached hydrogens (primary N) is 1. The highest BCUT2D eigenvalue weighted by atomic mass is 35.5. The highest BCUT2D eigenvalue weighted by Crippen LogP contribution is 2.27. The van der Waals surface area contributed by atoms with Crippen LogP contribution in [0.3, 0.4) is 0 Å². The number of hydrogen-bond donors (Lipinski definition) is 1. The van der Waals surface area contributed by atoms with Gasteiger partial charge < -0.3 is 15.1 Å². The van der Waals surface area contributed by atoms with Gasteiger partial charge in [0.05, 0.1) is 23.0 Å². The Bertz CT molecular complexity index is 1200. The van der Waals surface area contributed by atoms with Crippen molar-refractivity contribution >= 4 is 35.5 Å². The molecule has 0 amide bonds. The van der Waals surface area contributed by atoms with Crippen LogP contribution in [0.5, 0.6) is 0 Å². The number of anilines is 1. The van der Waals surface area contributed by atoms with Crippen LogP contribution < -0.4 is 10.6 Å². The third-order valence-corrected chi connectivity index (χ3v) is 6.20. The molecule has 204 valence electrons. The molecule has 0 saturated heterocycles. The molecule has 9 heteroatoms. The lowest BCUT2D eigenvalue weighted by Gasteiger charge is -2.26. The van der Waals surface area contributed by atoms with Crippen LogP contribution in [0.2, 0.25) is 5.02 Å². The highest BCUT2D eigenvalue weighted by Gasteiger charge is 2.22. The van der Waals surface area contributed by atoms with Crippen LogP contribution >= 0.6 is 11.6 Å². The first-order valence-electron chi connectivity index (χ1n) is 12.8. The van der Waals surface area contributed by atoms with Gasteiger partial charge in [-0.1, -0.05) is 56.5 Å². The van der Waals surface area contributed by atoms with E-state index in [2.05, 4.69) is 54.4 Å². The van der Waals surface area contributed by atoms with Crippen molar-refractivity contribution < 1.29 is 8.81 Å². The van der Waals surface area contributed by atoms with Crippen molar-refractivity contribution in [2.45, 2.75) is 53.4 Å². The minimum absolute atomic E-state index is 0.395. The Hall–Kier alpha value is -3.52.